The zero-order valence-corrected chi connectivity index (χ0v) is 17.6. The van der Waals surface area contributed by atoms with Crippen molar-refractivity contribution in [2.45, 2.75) is 33.2 Å². The molecule has 4 rings (SSSR count). The topological polar surface area (TPSA) is 61.4 Å². The molecule has 1 unspecified atom stereocenters. The molecule has 1 aromatic carbocycles. The van der Waals surface area contributed by atoms with E-state index < -0.39 is 0 Å². The SMILES string of the molecule is Cc1cc(C)c(N2CCC(Nc3cc(N4CCSCC4)ncn3)C2=O)c(C)c1. The second-order valence-corrected chi connectivity index (χ2v) is 8.81. The number of amides is 1. The fraction of sp³-hybridized carbons (Fsp3) is 0.476. The van der Waals surface area contributed by atoms with Crippen molar-refractivity contribution in [3.8, 4) is 0 Å². The number of carbonyl (C=O) groups excluding carboxylic acids is 1. The summed E-state index contributed by atoms with van der Waals surface area (Å²) in [5, 5.41) is 3.35. The summed E-state index contributed by atoms with van der Waals surface area (Å²) in [7, 11) is 0. The van der Waals surface area contributed by atoms with Crippen LogP contribution < -0.4 is 15.1 Å². The average molecular weight is 398 g/mol. The number of rotatable bonds is 4. The predicted molar refractivity (Wildman–Crippen MR) is 117 cm³/mol. The van der Waals surface area contributed by atoms with Crippen LogP contribution in [-0.4, -0.2) is 53.1 Å². The first-order chi connectivity index (χ1) is 13.5. The molecule has 1 atom stereocenters. The maximum Gasteiger partial charge on any atom is 0.249 e. The lowest BCUT2D eigenvalue weighted by atomic mass is 10.0. The zero-order chi connectivity index (χ0) is 19.7. The highest BCUT2D eigenvalue weighted by Crippen LogP contribution is 2.31. The quantitative estimate of drug-likeness (QED) is 0.855. The molecule has 0 aliphatic carbocycles. The van der Waals surface area contributed by atoms with Gasteiger partial charge in [-0.3, -0.25) is 4.79 Å². The molecule has 2 saturated heterocycles. The van der Waals surface area contributed by atoms with Gasteiger partial charge >= 0.3 is 0 Å². The number of aryl methyl sites for hydroxylation is 3. The fourth-order valence-electron chi connectivity index (χ4n) is 4.20. The molecular weight excluding hydrogens is 370 g/mol. The van der Waals surface area contributed by atoms with Crippen LogP contribution in [0.25, 0.3) is 0 Å². The van der Waals surface area contributed by atoms with Crippen molar-refractivity contribution in [3.05, 3.63) is 41.2 Å². The molecule has 0 radical (unpaired) electrons. The van der Waals surface area contributed by atoms with Gasteiger partial charge in [0.15, 0.2) is 0 Å². The molecule has 148 valence electrons. The Balaban J connectivity index is 1.49. The number of hydrogen-bond acceptors (Lipinski definition) is 6. The van der Waals surface area contributed by atoms with Crippen molar-refractivity contribution in [2.24, 2.45) is 0 Å². The van der Waals surface area contributed by atoms with Crippen molar-refractivity contribution in [3.63, 3.8) is 0 Å². The largest absolute Gasteiger partial charge is 0.358 e. The lowest BCUT2D eigenvalue weighted by Crippen LogP contribution is -2.35. The Kier molecular flexibility index (Phi) is 5.44. The van der Waals surface area contributed by atoms with Crippen molar-refractivity contribution in [1.82, 2.24) is 9.97 Å². The maximum absolute atomic E-state index is 13.1. The zero-order valence-electron chi connectivity index (χ0n) is 16.7. The average Bonchev–Trinajstić information content (AvgIpc) is 3.02. The minimum Gasteiger partial charge on any atom is -0.358 e. The summed E-state index contributed by atoms with van der Waals surface area (Å²) < 4.78 is 0. The standard InChI is InChI=1S/C21H27N5OS/c1-14-10-15(2)20(16(3)11-14)26-5-4-17(21(26)27)24-18-12-19(23-13-22-18)25-6-8-28-9-7-25/h10-13,17H,4-9H2,1-3H3,(H,22,23,24). The second-order valence-electron chi connectivity index (χ2n) is 7.58. The summed E-state index contributed by atoms with van der Waals surface area (Å²) in [5.74, 6) is 4.02. The van der Waals surface area contributed by atoms with Gasteiger partial charge in [0.1, 0.15) is 24.0 Å². The first kappa shape index (κ1) is 19.1. The Morgan fingerprint density at radius 1 is 1.04 bits per heavy atom. The summed E-state index contributed by atoms with van der Waals surface area (Å²) in [6.45, 7) is 8.98. The lowest BCUT2D eigenvalue weighted by molar-refractivity contribution is -0.117. The monoisotopic (exact) mass is 397 g/mol. The number of nitrogens with zero attached hydrogens (tertiary/aromatic N) is 4. The first-order valence-electron chi connectivity index (χ1n) is 9.83. The van der Waals surface area contributed by atoms with E-state index in [2.05, 4.69) is 53.1 Å². The number of hydrogen-bond donors (Lipinski definition) is 1. The van der Waals surface area contributed by atoms with Crippen molar-refractivity contribution in [1.29, 1.82) is 0 Å². The molecule has 1 aromatic heterocycles. The Bertz CT molecular complexity index is 858. The normalized spacial score (nSPS) is 20.0. The van der Waals surface area contributed by atoms with Crippen molar-refractivity contribution < 1.29 is 4.79 Å². The highest BCUT2D eigenvalue weighted by Gasteiger charge is 2.34. The number of nitrogens with one attached hydrogen (secondary N) is 1. The minimum absolute atomic E-state index is 0.115. The van der Waals surface area contributed by atoms with Gasteiger partial charge < -0.3 is 15.1 Å². The molecular formula is C21H27N5OS. The van der Waals surface area contributed by atoms with Crippen LogP contribution in [0.1, 0.15) is 23.1 Å². The molecule has 28 heavy (non-hydrogen) atoms. The smallest absolute Gasteiger partial charge is 0.249 e. The molecule has 0 spiro atoms. The lowest BCUT2D eigenvalue weighted by Gasteiger charge is -2.27. The highest BCUT2D eigenvalue weighted by atomic mass is 32.2. The summed E-state index contributed by atoms with van der Waals surface area (Å²) in [5.41, 5.74) is 4.58. The molecule has 3 heterocycles. The first-order valence-corrected chi connectivity index (χ1v) is 11.0. The molecule has 0 saturated carbocycles. The Hall–Kier alpha value is -2.28. The summed E-state index contributed by atoms with van der Waals surface area (Å²) in [6.07, 6.45) is 2.36. The van der Waals surface area contributed by atoms with E-state index >= 15 is 0 Å². The van der Waals surface area contributed by atoms with Crippen LogP contribution in [0.4, 0.5) is 17.3 Å². The molecule has 2 aliphatic heterocycles. The van der Waals surface area contributed by atoms with E-state index in [-0.39, 0.29) is 11.9 Å². The van der Waals surface area contributed by atoms with Crippen LogP contribution in [-0.2, 0) is 4.79 Å². The number of anilines is 3. The van der Waals surface area contributed by atoms with E-state index in [0.29, 0.717) is 0 Å². The van der Waals surface area contributed by atoms with Crippen LogP contribution in [0.2, 0.25) is 0 Å². The Labute approximate surface area is 170 Å². The third-order valence-electron chi connectivity index (χ3n) is 5.42. The van der Waals surface area contributed by atoms with Gasteiger partial charge in [0.2, 0.25) is 5.91 Å². The minimum atomic E-state index is -0.250. The molecule has 2 fully saturated rings. The van der Waals surface area contributed by atoms with Crippen LogP contribution in [0.15, 0.2) is 24.5 Å². The van der Waals surface area contributed by atoms with Gasteiger partial charge in [-0.15, -0.1) is 0 Å². The number of benzene rings is 1. The second kappa shape index (κ2) is 7.99. The molecule has 0 bridgehead atoms. The number of thioether (sulfide) groups is 1. The van der Waals surface area contributed by atoms with E-state index in [1.165, 1.54) is 5.56 Å². The van der Waals surface area contributed by atoms with Gasteiger partial charge in [-0.2, -0.15) is 11.8 Å². The molecule has 1 N–H and O–H groups in total. The molecule has 6 nitrogen and oxygen atoms in total. The van der Waals surface area contributed by atoms with Gasteiger partial charge in [-0.25, -0.2) is 9.97 Å². The highest BCUT2D eigenvalue weighted by molar-refractivity contribution is 7.99. The Morgan fingerprint density at radius 2 is 1.75 bits per heavy atom. The van der Waals surface area contributed by atoms with Crippen LogP contribution in [0.3, 0.4) is 0 Å². The van der Waals surface area contributed by atoms with E-state index in [4.69, 9.17) is 0 Å². The third kappa shape index (κ3) is 3.81. The maximum atomic E-state index is 13.1. The van der Waals surface area contributed by atoms with E-state index in [9.17, 15) is 4.79 Å². The van der Waals surface area contributed by atoms with Gasteiger partial charge in [-0.1, -0.05) is 17.7 Å². The van der Waals surface area contributed by atoms with Gasteiger partial charge in [0, 0.05) is 42.9 Å². The summed E-state index contributed by atoms with van der Waals surface area (Å²) in [6, 6.07) is 6.00. The fourth-order valence-corrected chi connectivity index (χ4v) is 5.11. The van der Waals surface area contributed by atoms with Crippen molar-refractivity contribution >= 4 is 35.0 Å². The summed E-state index contributed by atoms with van der Waals surface area (Å²) in [4.78, 5) is 26.1. The Morgan fingerprint density at radius 3 is 2.46 bits per heavy atom. The van der Waals surface area contributed by atoms with Gasteiger partial charge in [0.25, 0.3) is 0 Å². The molecule has 2 aromatic rings. The van der Waals surface area contributed by atoms with Gasteiger partial charge in [-0.05, 0) is 38.3 Å². The number of carbonyl (C=O) groups is 1. The van der Waals surface area contributed by atoms with Crippen LogP contribution in [0, 0.1) is 20.8 Å². The van der Waals surface area contributed by atoms with E-state index in [0.717, 1.165) is 66.0 Å². The summed E-state index contributed by atoms with van der Waals surface area (Å²) >= 11 is 1.97. The molecule has 7 heteroatoms. The van der Waals surface area contributed by atoms with Crippen LogP contribution in [0.5, 0.6) is 0 Å². The van der Waals surface area contributed by atoms with Crippen molar-refractivity contribution in [2.75, 3.05) is 46.3 Å². The molecule has 1 amide bonds. The third-order valence-corrected chi connectivity index (χ3v) is 6.36. The van der Waals surface area contributed by atoms with E-state index in [1.807, 2.05) is 22.7 Å². The predicted octanol–water partition coefficient (Wildman–Crippen LogP) is 3.17. The van der Waals surface area contributed by atoms with E-state index in [1.54, 1.807) is 6.33 Å². The molecule has 2 aliphatic rings. The van der Waals surface area contributed by atoms with Crippen LogP contribution >= 0.6 is 11.8 Å². The number of aromatic nitrogens is 2. The van der Waals surface area contributed by atoms with Gasteiger partial charge in [0.05, 0.1) is 0 Å².